The molecule has 1 amide bonds. The van der Waals surface area contributed by atoms with Crippen LogP contribution in [0.25, 0.3) is 0 Å². The number of pyridine rings is 1. The minimum Gasteiger partial charge on any atom is -0.462 e. The molecule has 0 saturated heterocycles. The van der Waals surface area contributed by atoms with E-state index in [9.17, 15) is 9.59 Å². The standard InChI is InChI=1S/C19H21ClN2O3S/c1-3-11-7-8-12-14(10-11)26-18(15(12)19(24)25-4-2)22-17(23)13-6-5-9-21-16(13)20/h5-6,9,11H,3-4,7-8,10H2,1-2H3,(H,22,23)/t11-/m1/s1. The summed E-state index contributed by atoms with van der Waals surface area (Å²) in [6.07, 6.45) is 5.46. The average molecular weight is 393 g/mol. The van der Waals surface area contributed by atoms with Gasteiger partial charge in [-0.15, -0.1) is 11.3 Å². The summed E-state index contributed by atoms with van der Waals surface area (Å²) in [6.45, 7) is 4.25. The number of anilines is 1. The van der Waals surface area contributed by atoms with E-state index in [1.165, 1.54) is 22.4 Å². The maximum atomic E-state index is 12.6. The quantitative estimate of drug-likeness (QED) is 0.589. The lowest BCUT2D eigenvalue weighted by atomic mass is 9.85. The van der Waals surface area contributed by atoms with Gasteiger partial charge >= 0.3 is 5.97 Å². The van der Waals surface area contributed by atoms with E-state index in [1.807, 2.05) is 0 Å². The van der Waals surface area contributed by atoms with E-state index in [-0.39, 0.29) is 22.6 Å². The molecular weight excluding hydrogens is 372 g/mol. The molecule has 0 fully saturated rings. The van der Waals surface area contributed by atoms with Gasteiger partial charge < -0.3 is 10.1 Å². The number of ether oxygens (including phenoxy) is 1. The van der Waals surface area contributed by atoms with Crippen molar-refractivity contribution in [2.24, 2.45) is 5.92 Å². The molecule has 0 aliphatic heterocycles. The largest absolute Gasteiger partial charge is 0.462 e. The number of hydrogen-bond donors (Lipinski definition) is 1. The molecule has 1 aliphatic carbocycles. The van der Waals surface area contributed by atoms with E-state index in [2.05, 4.69) is 17.2 Å². The third kappa shape index (κ3) is 3.76. The first-order chi connectivity index (χ1) is 12.5. The van der Waals surface area contributed by atoms with Gasteiger partial charge in [0, 0.05) is 11.1 Å². The number of thiophene rings is 1. The Morgan fingerprint density at radius 2 is 2.23 bits per heavy atom. The number of esters is 1. The monoisotopic (exact) mass is 392 g/mol. The van der Waals surface area contributed by atoms with Crippen LogP contribution in [-0.4, -0.2) is 23.5 Å². The van der Waals surface area contributed by atoms with Crippen LogP contribution in [-0.2, 0) is 17.6 Å². The fourth-order valence-electron chi connectivity index (χ4n) is 3.24. The molecule has 138 valence electrons. The van der Waals surface area contributed by atoms with Gasteiger partial charge in [0.2, 0.25) is 0 Å². The molecule has 0 spiro atoms. The van der Waals surface area contributed by atoms with E-state index in [1.54, 1.807) is 19.1 Å². The molecule has 2 heterocycles. The summed E-state index contributed by atoms with van der Waals surface area (Å²) in [6, 6.07) is 3.26. The predicted molar refractivity (Wildman–Crippen MR) is 103 cm³/mol. The van der Waals surface area contributed by atoms with Gasteiger partial charge in [-0.3, -0.25) is 4.79 Å². The Morgan fingerprint density at radius 3 is 2.92 bits per heavy atom. The molecule has 7 heteroatoms. The SMILES string of the molecule is CCOC(=O)c1c(NC(=O)c2cccnc2Cl)sc2c1CC[C@@H](CC)C2. The van der Waals surface area contributed by atoms with Crippen LogP contribution in [0.3, 0.4) is 0 Å². The fourth-order valence-corrected chi connectivity index (χ4v) is 4.79. The number of halogens is 1. The van der Waals surface area contributed by atoms with Gasteiger partial charge in [0.1, 0.15) is 10.2 Å². The summed E-state index contributed by atoms with van der Waals surface area (Å²) in [5, 5.41) is 3.52. The Hall–Kier alpha value is -1.92. The van der Waals surface area contributed by atoms with Gasteiger partial charge in [-0.2, -0.15) is 0 Å². The topological polar surface area (TPSA) is 68.3 Å². The van der Waals surface area contributed by atoms with Crippen LogP contribution < -0.4 is 5.32 Å². The number of nitrogens with zero attached hydrogens (tertiary/aromatic N) is 1. The maximum Gasteiger partial charge on any atom is 0.341 e. The van der Waals surface area contributed by atoms with Crippen molar-refractivity contribution in [3.8, 4) is 0 Å². The summed E-state index contributed by atoms with van der Waals surface area (Å²) in [4.78, 5) is 30.2. The van der Waals surface area contributed by atoms with Crippen molar-refractivity contribution >= 4 is 39.8 Å². The zero-order valence-corrected chi connectivity index (χ0v) is 16.4. The second-order valence-corrected chi connectivity index (χ2v) is 7.70. The summed E-state index contributed by atoms with van der Waals surface area (Å²) < 4.78 is 5.24. The lowest BCUT2D eigenvalue weighted by Gasteiger charge is -2.20. The summed E-state index contributed by atoms with van der Waals surface area (Å²) in [5.74, 6) is -0.140. The summed E-state index contributed by atoms with van der Waals surface area (Å²) in [7, 11) is 0. The van der Waals surface area contributed by atoms with Crippen molar-refractivity contribution in [1.29, 1.82) is 0 Å². The molecule has 2 aromatic rings. The number of amides is 1. The molecule has 2 aromatic heterocycles. The molecule has 26 heavy (non-hydrogen) atoms. The Kier molecular flexibility index (Phi) is 5.94. The smallest absolute Gasteiger partial charge is 0.341 e. The summed E-state index contributed by atoms with van der Waals surface area (Å²) >= 11 is 7.48. The number of hydrogen-bond acceptors (Lipinski definition) is 5. The van der Waals surface area contributed by atoms with Crippen LogP contribution in [0.5, 0.6) is 0 Å². The molecule has 0 unspecified atom stereocenters. The normalized spacial score (nSPS) is 16.0. The Labute approximate surface area is 161 Å². The third-order valence-corrected chi connectivity index (χ3v) is 6.13. The number of carbonyl (C=O) groups is 2. The Balaban J connectivity index is 1.95. The molecule has 5 nitrogen and oxygen atoms in total. The van der Waals surface area contributed by atoms with Crippen LogP contribution in [0.4, 0.5) is 5.00 Å². The van der Waals surface area contributed by atoms with Gasteiger partial charge in [-0.25, -0.2) is 9.78 Å². The van der Waals surface area contributed by atoms with Crippen molar-refractivity contribution in [2.45, 2.75) is 39.5 Å². The second kappa shape index (κ2) is 8.18. The molecule has 3 rings (SSSR count). The zero-order valence-electron chi connectivity index (χ0n) is 14.8. The van der Waals surface area contributed by atoms with Crippen molar-refractivity contribution in [3.63, 3.8) is 0 Å². The lowest BCUT2D eigenvalue weighted by molar-refractivity contribution is 0.0526. The van der Waals surface area contributed by atoms with Crippen LogP contribution >= 0.6 is 22.9 Å². The summed E-state index contributed by atoms with van der Waals surface area (Å²) in [5.41, 5.74) is 1.79. The van der Waals surface area contributed by atoms with Crippen molar-refractivity contribution in [3.05, 3.63) is 45.1 Å². The highest BCUT2D eigenvalue weighted by molar-refractivity contribution is 7.17. The van der Waals surface area contributed by atoms with Gasteiger partial charge in [-0.05, 0) is 49.8 Å². The van der Waals surface area contributed by atoms with Crippen LogP contribution in [0.1, 0.15) is 57.8 Å². The van der Waals surface area contributed by atoms with Crippen molar-refractivity contribution in [1.82, 2.24) is 4.98 Å². The van der Waals surface area contributed by atoms with Gasteiger partial charge in [-0.1, -0.05) is 24.9 Å². The van der Waals surface area contributed by atoms with Crippen molar-refractivity contribution < 1.29 is 14.3 Å². The number of fused-ring (bicyclic) bond motifs is 1. The molecular formula is C19H21ClN2O3S. The fraction of sp³-hybridized carbons (Fsp3) is 0.421. The first-order valence-corrected chi connectivity index (χ1v) is 9.98. The highest BCUT2D eigenvalue weighted by Crippen LogP contribution is 2.41. The lowest BCUT2D eigenvalue weighted by Crippen LogP contribution is -2.17. The zero-order chi connectivity index (χ0) is 18.7. The third-order valence-electron chi connectivity index (χ3n) is 4.66. The van der Waals surface area contributed by atoms with E-state index in [4.69, 9.17) is 16.3 Å². The molecule has 1 aliphatic rings. The molecule has 1 N–H and O–H groups in total. The highest BCUT2D eigenvalue weighted by Gasteiger charge is 2.30. The number of aromatic nitrogens is 1. The second-order valence-electron chi connectivity index (χ2n) is 6.24. The minimum atomic E-state index is -0.382. The van der Waals surface area contributed by atoms with E-state index in [0.29, 0.717) is 23.1 Å². The van der Waals surface area contributed by atoms with E-state index < -0.39 is 0 Å². The van der Waals surface area contributed by atoms with Gasteiger partial charge in [0.05, 0.1) is 17.7 Å². The Bertz CT molecular complexity index is 834. The molecule has 0 aromatic carbocycles. The molecule has 0 saturated carbocycles. The first-order valence-electron chi connectivity index (χ1n) is 8.78. The van der Waals surface area contributed by atoms with Crippen LogP contribution in [0.2, 0.25) is 5.15 Å². The average Bonchev–Trinajstić information content (AvgIpc) is 2.98. The van der Waals surface area contributed by atoms with Crippen molar-refractivity contribution in [2.75, 3.05) is 11.9 Å². The van der Waals surface area contributed by atoms with E-state index in [0.717, 1.165) is 31.2 Å². The first kappa shape index (κ1) is 18.9. The van der Waals surface area contributed by atoms with E-state index >= 15 is 0 Å². The van der Waals surface area contributed by atoms with Gasteiger partial charge in [0.15, 0.2) is 0 Å². The van der Waals surface area contributed by atoms with Gasteiger partial charge in [0.25, 0.3) is 5.91 Å². The van der Waals surface area contributed by atoms with Crippen LogP contribution in [0, 0.1) is 5.92 Å². The number of rotatable bonds is 5. The minimum absolute atomic E-state index is 0.134. The predicted octanol–water partition coefficient (Wildman–Crippen LogP) is 4.74. The number of nitrogens with one attached hydrogen (secondary N) is 1. The maximum absolute atomic E-state index is 12.6. The Morgan fingerprint density at radius 1 is 1.42 bits per heavy atom. The number of carbonyl (C=O) groups excluding carboxylic acids is 2. The highest BCUT2D eigenvalue weighted by atomic mass is 35.5. The molecule has 0 radical (unpaired) electrons. The molecule has 1 atom stereocenters. The molecule has 0 bridgehead atoms. The van der Waals surface area contributed by atoms with Crippen LogP contribution in [0.15, 0.2) is 18.3 Å².